The second-order valence-electron chi connectivity index (χ2n) is 3.81. The molecule has 0 saturated heterocycles. The summed E-state index contributed by atoms with van der Waals surface area (Å²) in [6.07, 6.45) is 5.20. The van der Waals surface area contributed by atoms with Crippen molar-refractivity contribution >= 4 is 5.97 Å². The molecular weight excluding hydrogens is 244 g/mol. The minimum absolute atomic E-state index is 0.225. The number of hydrogen-bond acceptors (Lipinski definition) is 5. The van der Waals surface area contributed by atoms with E-state index in [4.69, 9.17) is 9.47 Å². The van der Waals surface area contributed by atoms with Gasteiger partial charge < -0.3 is 9.47 Å². The Morgan fingerprint density at radius 1 is 1.11 bits per heavy atom. The summed E-state index contributed by atoms with van der Waals surface area (Å²) in [6.45, 7) is 1.88. The summed E-state index contributed by atoms with van der Waals surface area (Å²) in [5.41, 5.74) is 2.05. The summed E-state index contributed by atoms with van der Waals surface area (Å²) in [5, 5.41) is 0. The Hall–Kier alpha value is -2.43. The van der Waals surface area contributed by atoms with Gasteiger partial charge in [0.1, 0.15) is 13.2 Å². The van der Waals surface area contributed by atoms with Crippen molar-refractivity contribution in [2.24, 2.45) is 0 Å². The molecule has 0 spiro atoms. The van der Waals surface area contributed by atoms with Crippen LogP contribution in [0.2, 0.25) is 0 Å². The Morgan fingerprint density at radius 2 is 1.89 bits per heavy atom. The number of nitrogens with zero attached hydrogens (tertiary/aromatic N) is 2. The molecule has 0 aliphatic heterocycles. The van der Waals surface area contributed by atoms with Crippen LogP contribution in [0.3, 0.4) is 0 Å². The van der Waals surface area contributed by atoms with Gasteiger partial charge in [-0.25, -0.2) is 4.98 Å². The third kappa shape index (κ3) is 4.06. The lowest BCUT2D eigenvalue weighted by Crippen LogP contribution is -2.09. The second-order valence-corrected chi connectivity index (χ2v) is 3.81. The van der Waals surface area contributed by atoms with Crippen molar-refractivity contribution < 1.29 is 14.3 Å². The van der Waals surface area contributed by atoms with Gasteiger partial charge >= 0.3 is 5.97 Å². The van der Waals surface area contributed by atoms with Gasteiger partial charge in [0.25, 0.3) is 0 Å². The van der Waals surface area contributed by atoms with Crippen molar-refractivity contribution in [3.05, 3.63) is 42.9 Å². The normalized spacial score (nSPS) is 9.95. The highest BCUT2D eigenvalue weighted by atomic mass is 16.6. The fourth-order valence-electron chi connectivity index (χ4n) is 1.51. The Labute approximate surface area is 111 Å². The fraction of sp³-hybridized carbons (Fsp3) is 0.214. The molecule has 0 amide bonds. The molecule has 0 fully saturated rings. The molecule has 0 aliphatic rings. The van der Waals surface area contributed by atoms with E-state index in [0.717, 1.165) is 11.1 Å². The third-order valence-electron chi connectivity index (χ3n) is 2.39. The van der Waals surface area contributed by atoms with E-state index in [-0.39, 0.29) is 12.6 Å². The van der Waals surface area contributed by atoms with Crippen molar-refractivity contribution in [3.63, 3.8) is 0 Å². The van der Waals surface area contributed by atoms with Crippen molar-refractivity contribution in [2.45, 2.75) is 6.92 Å². The predicted molar refractivity (Wildman–Crippen MR) is 69.6 cm³/mol. The van der Waals surface area contributed by atoms with E-state index in [2.05, 4.69) is 9.97 Å². The first-order chi connectivity index (χ1) is 9.25. The molecule has 5 nitrogen and oxygen atoms in total. The molecule has 19 heavy (non-hydrogen) atoms. The van der Waals surface area contributed by atoms with Crippen LogP contribution in [0.25, 0.3) is 11.1 Å². The maximum atomic E-state index is 10.6. The number of carbonyl (C=O) groups excluding carboxylic acids is 1. The molecular formula is C14H14N2O3. The number of esters is 1. The molecule has 0 aromatic carbocycles. The summed E-state index contributed by atoms with van der Waals surface area (Å²) in [4.78, 5) is 18.7. The monoisotopic (exact) mass is 258 g/mol. The smallest absolute Gasteiger partial charge is 0.302 e. The van der Waals surface area contributed by atoms with Crippen LogP contribution in [0, 0.1) is 0 Å². The number of hydrogen-bond donors (Lipinski definition) is 0. The van der Waals surface area contributed by atoms with Crippen molar-refractivity contribution in [1.82, 2.24) is 9.97 Å². The minimum atomic E-state index is -0.315. The van der Waals surface area contributed by atoms with Gasteiger partial charge in [-0.05, 0) is 23.8 Å². The molecule has 0 bridgehead atoms. The molecule has 0 aliphatic carbocycles. The van der Waals surface area contributed by atoms with Gasteiger partial charge in [0.2, 0.25) is 5.88 Å². The summed E-state index contributed by atoms with van der Waals surface area (Å²) < 4.78 is 10.1. The topological polar surface area (TPSA) is 61.3 Å². The zero-order valence-corrected chi connectivity index (χ0v) is 10.6. The number of aromatic nitrogens is 2. The maximum Gasteiger partial charge on any atom is 0.302 e. The van der Waals surface area contributed by atoms with E-state index in [9.17, 15) is 4.79 Å². The van der Waals surface area contributed by atoms with Crippen LogP contribution in [0.15, 0.2) is 42.9 Å². The summed E-state index contributed by atoms with van der Waals surface area (Å²) in [6, 6.07) is 7.53. The molecule has 0 atom stereocenters. The van der Waals surface area contributed by atoms with Crippen LogP contribution in [-0.4, -0.2) is 29.2 Å². The molecule has 2 rings (SSSR count). The number of carbonyl (C=O) groups is 1. The van der Waals surface area contributed by atoms with Crippen molar-refractivity contribution in [3.8, 4) is 17.0 Å². The predicted octanol–water partition coefficient (Wildman–Crippen LogP) is 2.09. The van der Waals surface area contributed by atoms with Crippen LogP contribution in [0.1, 0.15) is 6.92 Å². The van der Waals surface area contributed by atoms with E-state index in [1.165, 1.54) is 6.92 Å². The molecule has 5 heteroatoms. The highest BCUT2D eigenvalue weighted by Crippen LogP contribution is 2.19. The highest BCUT2D eigenvalue weighted by Gasteiger charge is 2.00. The van der Waals surface area contributed by atoms with E-state index >= 15 is 0 Å². The summed E-state index contributed by atoms with van der Waals surface area (Å²) in [7, 11) is 0. The van der Waals surface area contributed by atoms with Crippen LogP contribution in [0.5, 0.6) is 5.88 Å². The summed E-state index contributed by atoms with van der Waals surface area (Å²) >= 11 is 0. The van der Waals surface area contributed by atoms with Crippen LogP contribution in [0.4, 0.5) is 0 Å². The summed E-state index contributed by atoms with van der Waals surface area (Å²) in [5.74, 6) is 0.189. The lowest BCUT2D eigenvalue weighted by Gasteiger charge is -2.06. The second kappa shape index (κ2) is 6.49. The molecule has 2 aromatic rings. The lowest BCUT2D eigenvalue weighted by atomic mass is 10.1. The number of rotatable bonds is 5. The van der Waals surface area contributed by atoms with E-state index < -0.39 is 0 Å². The van der Waals surface area contributed by atoms with Crippen LogP contribution in [-0.2, 0) is 9.53 Å². The standard InChI is InChI=1S/C14H14N2O3/c1-11(17)18-8-9-19-14-3-2-13(10-16-14)12-4-6-15-7-5-12/h2-7,10H,8-9H2,1H3. The first-order valence-corrected chi connectivity index (χ1v) is 5.88. The number of ether oxygens (including phenoxy) is 2. The van der Waals surface area contributed by atoms with Gasteiger partial charge in [-0.2, -0.15) is 0 Å². The zero-order valence-electron chi connectivity index (χ0n) is 10.6. The largest absolute Gasteiger partial charge is 0.474 e. The van der Waals surface area contributed by atoms with Crippen molar-refractivity contribution in [2.75, 3.05) is 13.2 Å². The molecule has 0 unspecified atom stereocenters. The average Bonchev–Trinajstić information content (AvgIpc) is 2.45. The average molecular weight is 258 g/mol. The number of pyridine rings is 2. The Balaban J connectivity index is 1.90. The first kappa shape index (κ1) is 13.0. The highest BCUT2D eigenvalue weighted by molar-refractivity contribution is 5.65. The van der Waals surface area contributed by atoms with E-state index in [0.29, 0.717) is 12.5 Å². The molecule has 2 aromatic heterocycles. The van der Waals surface area contributed by atoms with Gasteiger partial charge in [0.15, 0.2) is 0 Å². The minimum Gasteiger partial charge on any atom is -0.474 e. The van der Waals surface area contributed by atoms with E-state index in [1.54, 1.807) is 24.7 Å². The third-order valence-corrected chi connectivity index (χ3v) is 2.39. The maximum absolute atomic E-state index is 10.6. The van der Waals surface area contributed by atoms with Gasteiger partial charge in [0, 0.05) is 37.1 Å². The first-order valence-electron chi connectivity index (χ1n) is 5.88. The van der Waals surface area contributed by atoms with E-state index in [1.807, 2.05) is 18.2 Å². The zero-order chi connectivity index (χ0) is 13.5. The van der Waals surface area contributed by atoms with Crippen LogP contribution < -0.4 is 4.74 Å². The molecule has 2 heterocycles. The van der Waals surface area contributed by atoms with Gasteiger partial charge in [-0.1, -0.05) is 0 Å². The van der Waals surface area contributed by atoms with Gasteiger partial charge in [-0.3, -0.25) is 9.78 Å². The molecule has 0 saturated carbocycles. The molecule has 98 valence electrons. The lowest BCUT2D eigenvalue weighted by molar-refractivity contribution is -0.141. The quantitative estimate of drug-likeness (QED) is 0.607. The Kier molecular flexibility index (Phi) is 4.44. The Bertz CT molecular complexity index is 526. The SMILES string of the molecule is CC(=O)OCCOc1ccc(-c2ccncc2)cn1. The fourth-order valence-corrected chi connectivity index (χ4v) is 1.51. The van der Waals surface area contributed by atoms with Crippen LogP contribution >= 0.6 is 0 Å². The Morgan fingerprint density at radius 3 is 2.53 bits per heavy atom. The molecule has 0 radical (unpaired) electrons. The van der Waals surface area contributed by atoms with Gasteiger partial charge in [-0.15, -0.1) is 0 Å². The van der Waals surface area contributed by atoms with Crippen molar-refractivity contribution in [1.29, 1.82) is 0 Å². The van der Waals surface area contributed by atoms with Gasteiger partial charge in [0.05, 0.1) is 0 Å². The molecule has 0 N–H and O–H groups in total.